The first-order valence-electron chi connectivity index (χ1n) is 27.7. The summed E-state index contributed by atoms with van der Waals surface area (Å²) in [5.74, 6) is -0.911. The van der Waals surface area contributed by atoms with Crippen LogP contribution in [0.15, 0.2) is 97.2 Å². The quantitative estimate of drug-likeness (QED) is 0.0262. The molecule has 0 amide bonds. The molecule has 0 aliphatic rings. The average molecular weight is 931 g/mol. The van der Waals surface area contributed by atoms with Gasteiger partial charge in [0.1, 0.15) is 13.2 Å². The van der Waals surface area contributed by atoms with E-state index in [9.17, 15) is 14.4 Å². The summed E-state index contributed by atoms with van der Waals surface area (Å²) < 4.78 is 16.7. The molecule has 6 nitrogen and oxygen atoms in total. The minimum absolute atomic E-state index is 0.0847. The lowest BCUT2D eigenvalue weighted by molar-refractivity contribution is -0.167. The van der Waals surface area contributed by atoms with Crippen LogP contribution in [0.1, 0.15) is 252 Å². The number of hydrogen-bond acceptors (Lipinski definition) is 6. The van der Waals surface area contributed by atoms with E-state index in [1.165, 1.54) is 83.5 Å². The minimum Gasteiger partial charge on any atom is -0.462 e. The Morgan fingerprint density at radius 3 is 0.910 bits per heavy atom. The fourth-order valence-electron chi connectivity index (χ4n) is 7.48. The summed E-state index contributed by atoms with van der Waals surface area (Å²) in [6.45, 7) is 6.35. The molecule has 0 saturated carbocycles. The van der Waals surface area contributed by atoms with Crippen LogP contribution in [-0.2, 0) is 28.6 Å². The van der Waals surface area contributed by atoms with Crippen LogP contribution in [0.25, 0.3) is 0 Å². The molecule has 0 aromatic heterocycles. The largest absolute Gasteiger partial charge is 0.462 e. The smallest absolute Gasteiger partial charge is 0.306 e. The molecule has 0 N–H and O–H groups in total. The second kappa shape index (κ2) is 54.9. The summed E-state index contributed by atoms with van der Waals surface area (Å²) in [4.78, 5) is 37.9. The van der Waals surface area contributed by atoms with Gasteiger partial charge in [-0.05, 0) is 96.3 Å². The van der Waals surface area contributed by atoms with Crippen LogP contribution in [0.4, 0.5) is 0 Å². The maximum absolute atomic E-state index is 12.8. The van der Waals surface area contributed by atoms with E-state index in [0.29, 0.717) is 19.3 Å². The Kier molecular flexibility index (Phi) is 51.9. The Bertz CT molecular complexity index is 1350. The van der Waals surface area contributed by atoms with E-state index in [-0.39, 0.29) is 31.1 Å². The van der Waals surface area contributed by atoms with Crippen molar-refractivity contribution in [2.24, 2.45) is 0 Å². The SMILES string of the molecule is CC/C=C\C/C=C\C/C=C\C/C=C\C/C=C\CCCCCCCCCCCCCC(=O)OCC(COC(=O)CCCCCCCCC)OC(=O)CCCCCCC/C=C\C/C=C\C/C=C\CC. The van der Waals surface area contributed by atoms with Crippen molar-refractivity contribution in [3.63, 3.8) is 0 Å². The van der Waals surface area contributed by atoms with Gasteiger partial charge in [-0.1, -0.05) is 234 Å². The van der Waals surface area contributed by atoms with Crippen molar-refractivity contribution in [3.8, 4) is 0 Å². The van der Waals surface area contributed by atoms with Gasteiger partial charge in [-0.2, -0.15) is 0 Å². The third kappa shape index (κ3) is 53.2. The van der Waals surface area contributed by atoms with Crippen molar-refractivity contribution in [1.82, 2.24) is 0 Å². The predicted octanol–water partition coefficient (Wildman–Crippen LogP) is 18.5. The minimum atomic E-state index is -0.784. The van der Waals surface area contributed by atoms with Gasteiger partial charge in [0.05, 0.1) is 0 Å². The lowest BCUT2D eigenvalue weighted by Gasteiger charge is -2.18. The van der Waals surface area contributed by atoms with Gasteiger partial charge in [0, 0.05) is 19.3 Å². The van der Waals surface area contributed by atoms with E-state index in [1.807, 2.05) is 0 Å². The molecule has 0 rings (SSSR count). The van der Waals surface area contributed by atoms with Gasteiger partial charge in [0.25, 0.3) is 0 Å². The van der Waals surface area contributed by atoms with Crippen LogP contribution in [0.5, 0.6) is 0 Å². The third-order valence-electron chi connectivity index (χ3n) is 11.6. The lowest BCUT2D eigenvalue weighted by atomic mass is 10.0. The summed E-state index contributed by atoms with van der Waals surface area (Å²) in [5, 5.41) is 0. The Hall–Kier alpha value is -3.67. The zero-order valence-corrected chi connectivity index (χ0v) is 43.6. The van der Waals surface area contributed by atoms with Crippen LogP contribution in [0, 0.1) is 0 Å². The number of esters is 3. The first-order valence-corrected chi connectivity index (χ1v) is 27.7. The molecule has 0 aromatic carbocycles. The monoisotopic (exact) mass is 931 g/mol. The van der Waals surface area contributed by atoms with E-state index in [2.05, 4.69) is 118 Å². The highest BCUT2D eigenvalue weighted by Crippen LogP contribution is 2.15. The van der Waals surface area contributed by atoms with Crippen LogP contribution in [0.2, 0.25) is 0 Å². The zero-order valence-electron chi connectivity index (χ0n) is 43.6. The number of unbranched alkanes of at least 4 members (excludes halogenated alkanes) is 22. The van der Waals surface area contributed by atoms with Gasteiger partial charge < -0.3 is 14.2 Å². The van der Waals surface area contributed by atoms with E-state index in [0.717, 1.165) is 128 Å². The molecule has 0 radical (unpaired) electrons. The van der Waals surface area contributed by atoms with Crippen LogP contribution in [-0.4, -0.2) is 37.2 Å². The topological polar surface area (TPSA) is 78.9 Å². The highest BCUT2D eigenvalue weighted by atomic mass is 16.6. The Labute approximate surface area is 413 Å². The van der Waals surface area contributed by atoms with Crippen molar-refractivity contribution in [2.45, 2.75) is 258 Å². The number of ether oxygens (including phenoxy) is 3. The molecule has 0 saturated heterocycles. The van der Waals surface area contributed by atoms with Crippen LogP contribution in [0.3, 0.4) is 0 Å². The van der Waals surface area contributed by atoms with Gasteiger partial charge in [-0.15, -0.1) is 0 Å². The Morgan fingerprint density at radius 1 is 0.313 bits per heavy atom. The molecule has 6 heteroatoms. The van der Waals surface area contributed by atoms with E-state index in [1.54, 1.807) is 0 Å². The summed E-state index contributed by atoms with van der Waals surface area (Å²) in [7, 11) is 0. The Morgan fingerprint density at radius 2 is 0.582 bits per heavy atom. The molecule has 0 aromatic rings. The molecular formula is C61H102O6. The van der Waals surface area contributed by atoms with Crippen molar-refractivity contribution in [3.05, 3.63) is 97.2 Å². The molecule has 0 heterocycles. The third-order valence-corrected chi connectivity index (χ3v) is 11.6. The summed E-state index contributed by atoms with van der Waals surface area (Å²) in [6, 6.07) is 0. The standard InChI is InChI=1S/C61H102O6/c1-4-7-10-13-16-18-20-22-24-25-26-27-28-29-30-31-32-33-34-35-37-38-40-42-45-48-51-54-60(63)66-57-58(56-65-59(62)53-50-47-44-15-12-9-6-3)67-61(64)55-52-49-46-43-41-39-36-23-21-19-17-14-11-8-5-2/h7-8,10-11,16-19,22-24,26-27,29-30,36,58H,4-6,9,12-15,20-21,25,28,31-35,37-57H2,1-3H3/b10-7-,11-8-,18-16-,19-17-,24-22-,27-26-,30-29-,36-23-. The molecule has 67 heavy (non-hydrogen) atoms. The second-order valence-electron chi connectivity index (χ2n) is 18.1. The summed E-state index contributed by atoms with van der Waals surface area (Å²) >= 11 is 0. The van der Waals surface area contributed by atoms with Gasteiger partial charge in [-0.25, -0.2) is 0 Å². The van der Waals surface area contributed by atoms with Crippen LogP contribution < -0.4 is 0 Å². The maximum atomic E-state index is 12.8. The first kappa shape index (κ1) is 63.3. The first-order chi connectivity index (χ1) is 33.0. The van der Waals surface area contributed by atoms with Crippen LogP contribution >= 0.6 is 0 Å². The van der Waals surface area contributed by atoms with Crippen molar-refractivity contribution in [1.29, 1.82) is 0 Å². The van der Waals surface area contributed by atoms with E-state index in [4.69, 9.17) is 14.2 Å². The summed E-state index contributed by atoms with van der Waals surface area (Å²) in [6.07, 6.45) is 72.8. The van der Waals surface area contributed by atoms with Gasteiger partial charge in [0.15, 0.2) is 6.10 Å². The van der Waals surface area contributed by atoms with Crippen molar-refractivity contribution >= 4 is 17.9 Å². The molecule has 1 unspecified atom stereocenters. The molecule has 0 fully saturated rings. The molecule has 0 bridgehead atoms. The highest BCUT2D eigenvalue weighted by molar-refractivity contribution is 5.71. The van der Waals surface area contributed by atoms with Gasteiger partial charge in [0.2, 0.25) is 0 Å². The predicted molar refractivity (Wildman–Crippen MR) is 288 cm³/mol. The highest BCUT2D eigenvalue weighted by Gasteiger charge is 2.19. The van der Waals surface area contributed by atoms with E-state index < -0.39 is 6.10 Å². The van der Waals surface area contributed by atoms with Crippen molar-refractivity contribution in [2.75, 3.05) is 13.2 Å². The molecular weight excluding hydrogens is 829 g/mol. The fraction of sp³-hybridized carbons (Fsp3) is 0.689. The molecule has 0 aliphatic carbocycles. The zero-order chi connectivity index (χ0) is 48.6. The number of carbonyl (C=O) groups excluding carboxylic acids is 3. The van der Waals surface area contributed by atoms with E-state index >= 15 is 0 Å². The number of allylic oxidation sites excluding steroid dienone is 16. The fourth-order valence-corrected chi connectivity index (χ4v) is 7.48. The number of hydrogen-bond donors (Lipinski definition) is 0. The Balaban J connectivity index is 4.17. The average Bonchev–Trinajstić information content (AvgIpc) is 3.33. The normalized spacial score (nSPS) is 12.8. The number of rotatable bonds is 49. The molecule has 1 atom stereocenters. The second-order valence-corrected chi connectivity index (χ2v) is 18.1. The lowest BCUT2D eigenvalue weighted by Crippen LogP contribution is -2.30. The number of carbonyl (C=O) groups is 3. The summed E-state index contributed by atoms with van der Waals surface area (Å²) in [5.41, 5.74) is 0. The van der Waals surface area contributed by atoms with Gasteiger partial charge >= 0.3 is 17.9 Å². The molecule has 0 aliphatic heterocycles. The molecule has 382 valence electrons. The van der Waals surface area contributed by atoms with Gasteiger partial charge in [-0.3, -0.25) is 14.4 Å². The maximum Gasteiger partial charge on any atom is 0.306 e. The molecule has 0 spiro atoms. The van der Waals surface area contributed by atoms with Crippen molar-refractivity contribution < 1.29 is 28.6 Å².